The van der Waals surface area contributed by atoms with E-state index in [9.17, 15) is 4.79 Å². The molecule has 3 aliphatic rings. The standard InChI is InChI=1S/C20H28N7O/c1-27(13-12-26(15-27)17-8-4-5-9-17)19-21-18(22-20(28)23-19)25-11-10-24(14-25)16-6-2-3-7-16/h10-14,16-17H,2-9,15H2,1H3/q+1/p+1. The van der Waals surface area contributed by atoms with Crippen molar-refractivity contribution in [2.24, 2.45) is 0 Å². The maximum absolute atomic E-state index is 12.3. The van der Waals surface area contributed by atoms with Gasteiger partial charge in [-0.2, -0.15) is 4.57 Å². The van der Waals surface area contributed by atoms with Gasteiger partial charge >= 0.3 is 17.6 Å². The highest BCUT2D eigenvalue weighted by atomic mass is 16.1. The molecular weight excluding hydrogens is 354 g/mol. The van der Waals surface area contributed by atoms with E-state index in [2.05, 4.69) is 45.1 Å². The Labute approximate surface area is 164 Å². The number of nitrogens with zero attached hydrogens (tertiary/aromatic N) is 6. The van der Waals surface area contributed by atoms with Crippen LogP contribution >= 0.6 is 0 Å². The van der Waals surface area contributed by atoms with Crippen LogP contribution in [-0.2, 0) is 0 Å². The third-order valence-electron chi connectivity index (χ3n) is 6.58. The summed E-state index contributed by atoms with van der Waals surface area (Å²) in [4.78, 5) is 26.4. The van der Waals surface area contributed by atoms with E-state index in [1.807, 2.05) is 17.1 Å². The summed E-state index contributed by atoms with van der Waals surface area (Å²) >= 11 is 0. The van der Waals surface area contributed by atoms with Crippen LogP contribution in [0, 0.1) is 0 Å². The molecule has 2 fully saturated rings. The van der Waals surface area contributed by atoms with Crippen LogP contribution in [0.3, 0.4) is 0 Å². The lowest BCUT2D eigenvalue weighted by atomic mass is 10.2. The van der Waals surface area contributed by atoms with Crippen molar-refractivity contribution in [3.8, 4) is 5.95 Å². The van der Waals surface area contributed by atoms with Crippen molar-refractivity contribution in [1.82, 2.24) is 28.9 Å². The van der Waals surface area contributed by atoms with Crippen LogP contribution in [0.1, 0.15) is 57.4 Å². The lowest BCUT2D eigenvalue weighted by Crippen LogP contribution is -2.46. The molecule has 1 atom stereocenters. The molecule has 3 heterocycles. The third kappa shape index (κ3) is 3.15. The predicted molar refractivity (Wildman–Crippen MR) is 105 cm³/mol. The number of imidazole rings is 1. The van der Waals surface area contributed by atoms with Crippen molar-refractivity contribution in [2.45, 2.75) is 63.5 Å². The van der Waals surface area contributed by atoms with E-state index >= 15 is 0 Å². The van der Waals surface area contributed by atoms with E-state index in [1.54, 1.807) is 0 Å². The van der Waals surface area contributed by atoms with E-state index in [0.29, 0.717) is 28.5 Å². The number of quaternary nitrogens is 1. The van der Waals surface area contributed by atoms with Gasteiger partial charge < -0.3 is 4.90 Å². The van der Waals surface area contributed by atoms with Crippen molar-refractivity contribution >= 4 is 5.95 Å². The smallest absolute Gasteiger partial charge is 0.323 e. The number of rotatable bonds is 4. The maximum atomic E-state index is 12.3. The number of aromatic amines is 1. The van der Waals surface area contributed by atoms with Crippen LogP contribution in [0.25, 0.3) is 5.95 Å². The summed E-state index contributed by atoms with van der Waals surface area (Å²) < 4.78 is 4.55. The Kier molecular flexibility index (Phi) is 4.30. The largest absolute Gasteiger partial charge is 0.355 e. The Morgan fingerprint density at radius 3 is 2.68 bits per heavy atom. The molecule has 1 N–H and O–H groups in total. The molecule has 0 bridgehead atoms. The van der Waals surface area contributed by atoms with Crippen LogP contribution < -0.4 is 14.7 Å². The molecular formula is C20H29N7O+2. The molecule has 0 saturated heterocycles. The van der Waals surface area contributed by atoms with E-state index in [0.717, 1.165) is 6.67 Å². The average molecular weight is 384 g/mol. The summed E-state index contributed by atoms with van der Waals surface area (Å²) in [7, 11) is 2.09. The maximum Gasteiger partial charge on any atom is 0.355 e. The molecule has 2 aromatic heterocycles. The Balaban J connectivity index is 1.42. The van der Waals surface area contributed by atoms with Gasteiger partial charge in [0, 0.05) is 6.04 Å². The summed E-state index contributed by atoms with van der Waals surface area (Å²) in [5.41, 5.74) is -0.354. The molecule has 2 saturated carbocycles. The highest BCUT2D eigenvalue weighted by Crippen LogP contribution is 2.30. The number of nitrogens with one attached hydrogen (secondary N) is 1. The van der Waals surface area contributed by atoms with Crippen molar-refractivity contribution in [2.75, 3.05) is 13.7 Å². The molecule has 28 heavy (non-hydrogen) atoms. The molecule has 0 spiro atoms. The van der Waals surface area contributed by atoms with Crippen molar-refractivity contribution in [1.29, 1.82) is 0 Å². The molecule has 5 rings (SSSR count). The molecule has 0 radical (unpaired) electrons. The Morgan fingerprint density at radius 1 is 1.14 bits per heavy atom. The van der Waals surface area contributed by atoms with Crippen LogP contribution in [0.15, 0.2) is 35.9 Å². The second kappa shape index (κ2) is 6.84. The zero-order chi connectivity index (χ0) is 19.1. The Hall–Kier alpha value is -2.48. The first kappa shape index (κ1) is 17.6. The fourth-order valence-electron chi connectivity index (χ4n) is 4.90. The summed E-state index contributed by atoms with van der Waals surface area (Å²) in [6.45, 7) is 0.796. The molecule has 8 nitrogen and oxygen atoms in total. The molecule has 1 unspecified atom stereocenters. The minimum absolute atomic E-state index is 0.354. The molecule has 148 valence electrons. The Morgan fingerprint density at radius 2 is 1.89 bits per heavy atom. The van der Waals surface area contributed by atoms with Crippen molar-refractivity contribution in [3.05, 3.63) is 41.6 Å². The molecule has 1 aliphatic heterocycles. The van der Waals surface area contributed by atoms with Gasteiger partial charge in [0.05, 0.1) is 13.2 Å². The highest BCUT2D eigenvalue weighted by Gasteiger charge is 2.37. The van der Waals surface area contributed by atoms with Crippen LogP contribution in [-0.4, -0.2) is 44.2 Å². The van der Waals surface area contributed by atoms with Gasteiger partial charge in [-0.1, -0.05) is 12.8 Å². The Bertz CT molecular complexity index is 936. The van der Waals surface area contributed by atoms with Crippen LogP contribution in [0.5, 0.6) is 0 Å². The molecule has 2 aliphatic carbocycles. The van der Waals surface area contributed by atoms with E-state index in [4.69, 9.17) is 4.98 Å². The minimum Gasteiger partial charge on any atom is -0.323 e. The first-order valence-corrected chi connectivity index (χ1v) is 10.5. The lowest BCUT2D eigenvalue weighted by molar-refractivity contribution is -0.721. The summed E-state index contributed by atoms with van der Waals surface area (Å²) in [6.07, 6.45) is 20.4. The molecule has 0 aromatic carbocycles. The first-order valence-electron chi connectivity index (χ1n) is 10.5. The first-order chi connectivity index (χ1) is 13.6. The number of aromatic nitrogens is 5. The van der Waals surface area contributed by atoms with Gasteiger partial charge in [-0.05, 0) is 38.5 Å². The zero-order valence-electron chi connectivity index (χ0n) is 16.5. The quantitative estimate of drug-likeness (QED) is 0.647. The topological polar surface area (TPSA) is 70.7 Å². The third-order valence-corrected chi connectivity index (χ3v) is 6.58. The minimum atomic E-state index is -0.354. The monoisotopic (exact) mass is 383 g/mol. The van der Waals surface area contributed by atoms with Gasteiger partial charge in [-0.3, -0.25) is 0 Å². The molecule has 2 aromatic rings. The number of H-pyrrole nitrogens is 1. The SMILES string of the molecule is C[N+]1(c2nc(-n3cc[n+](C4CCCC4)c3)nc(=O)[nH]2)C=CN(C2CCCC2)C1. The summed E-state index contributed by atoms with van der Waals surface area (Å²) in [5, 5.41) is 0. The predicted octanol–water partition coefficient (Wildman–Crippen LogP) is 1.98. The highest BCUT2D eigenvalue weighted by molar-refractivity contribution is 5.32. The molecule has 0 amide bonds. The van der Waals surface area contributed by atoms with Crippen molar-refractivity contribution in [3.63, 3.8) is 0 Å². The second-order valence-corrected chi connectivity index (χ2v) is 8.64. The fourth-order valence-corrected chi connectivity index (χ4v) is 4.90. The van der Waals surface area contributed by atoms with Crippen LogP contribution in [0.4, 0.5) is 5.95 Å². The summed E-state index contributed by atoms with van der Waals surface area (Å²) in [5.74, 6) is 1.07. The van der Waals surface area contributed by atoms with Gasteiger partial charge in [0.2, 0.25) is 0 Å². The van der Waals surface area contributed by atoms with Gasteiger partial charge in [0.25, 0.3) is 6.33 Å². The number of hydrogen-bond acceptors (Lipinski definition) is 4. The van der Waals surface area contributed by atoms with E-state index < -0.39 is 0 Å². The fraction of sp³-hybridized carbons (Fsp3) is 0.600. The van der Waals surface area contributed by atoms with Gasteiger partial charge in [-0.25, -0.2) is 18.8 Å². The van der Waals surface area contributed by atoms with Gasteiger partial charge in [0.1, 0.15) is 24.6 Å². The van der Waals surface area contributed by atoms with Gasteiger partial charge in [-0.15, -0.1) is 9.97 Å². The van der Waals surface area contributed by atoms with E-state index in [1.165, 1.54) is 51.4 Å². The van der Waals surface area contributed by atoms with Crippen molar-refractivity contribution < 1.29 is 4.57 Å². The normalized spacial score (nSPS) is 26.0. The zero-order valence-corrected chi connectivity index (χ0v) is 16.5. The van der Waals surface area contributed by atoms with Gasteiger partial charge in [0.15, 0.2) is 6.67 Å². The summed E-state index contributed by atoms with van der Waals surface area (Å²) in [6, 6.07) is 1.16. The molecule has 8 heteroatoms. The van der Waals surface area contributed by atoms with Crippen LogP contribution in [0.2, 0.25) is 0 Å². The van der Waals surface area contributed by atoms with E-state index in [-0.39, 0.29) is 5.69 Å². The average Bonchev–Trinajstić information content (AvgIpc) is 3.47. The second-order valence-electron chi connectivity index (χ2n) is 8.64. The number of hydrogen-bond donors (Lipinski definition) is 1. The lowest BCUT2D eigenvalue weighted by Gasteiger charge is -2.29.